The number of hydrogen-bond acceptors (Lipinski definition) is 4. The third-order valence-corrected chi connectivity index (χ3v) is 4.44. The number of anilines is 1. The van der Waals surface area contributed by atoms with Crippen molar-refractivity contribution in [2.75, 3.05) is 31.1 Å². The van der Waals surface area contributed by atoms with E-state index in [1.165, 1.54) is 16.0 Å². The number of amides is 2. The molecule has 3 N–H and O–H groups in total. The number of piperazine rings is 1. The Hall–Kier alpha value is -2.86. The molecule has 0 aliphatic carbocycles. The lowest BCUT2D eigenvalue weighted by molar-refractivity contribution is -0.146. The zero-order chi connectivity index (χ0) is 17.6. The Kier molecular flexibility index (Phi) is 5.30. The molecular weight excluding hydrogens is 316 g/mol. The third kappa shape index (κ3) is 4.16. The lowest BCUT2D eigenvalue weighted by Gasteiger charge is -2.35. The summed E-state index contributed by atoms with van der Waals surface area (Å²) in [5, 5.41) is 0. The van der Waals surface area contributed by atoms with Crippen molar-refractivity contribution in [3.05, 3.63) is 65.7 Å². The molecule has 1 saturated heterocycles. The number of nitrogens with two attached hydrogens (primary N) is 1. The van der Waals surface area contributed by atoms with Gasteiger partial charge in [0.2, 0.25) is 0 Å². The van der Waals surface area contributed by atoms with Crippen LogP contribution < -0.4 is 16.2 Å². The molecule has 6 heteroatoms. The first kappa shape index (κ1) is 17.0. The van der Waals surface area contributed by atoms with E-state index in [0.29, 0.717) is 26.2 Å². The van der Waals surface area contributed by atoms with Gasteiger partial charge in [0, 0.05) is 31.9 Å². The van der Waals surface area contributed by atoms with Crippen LogP contribution in [0.2, 0.25) is 0 Å². The fourth-order valence-corrected chi connectivity index (χ4v) is 3.03. The van der Waals surface area contributed by atoms with Crippen LogP contribution in [0.1, 0.15) is 11.1 Å². The van der Waals surface area contributed by atoms with Gasteiger partial charge >= 0.3 is 11.8 Å². The van der Waals surface area contributed by atoms with E-state index in [1.54, 1.807) is 0 Å². The van der Waals surface area contributed by atoms with Gasteiger partial charge in [0.05, 0.1) is 0 Å². The number of nitrogens with one attached hydrogen (secondary N) is 1. The Morgan fingerprint density at radius 3 is 2.08 bits per heavy atom. The molecule has 0 unspecified atom stereocenters. The van der Waals surface area contributed by atoms with Crippen LogP contribution >= 0.6 is 0 Å². The first-order valence-electron chi connectivity index (χ1n) is 8.35. The Morgan fingerprint density at radius 2 is 1.48 bits per heavy atom. The summed E-state index contributed by atoms with van der Waals surface area (Å²) >= 11 is 0. The van der Waals surface area contributed by atoms with Crippen molar-refractivity contribution < 1.29 is 9.59 Å². The van der Waals surface area contributed by atoms with Crippen LogP contribution in [0.15, 0.2) is 54.6 Å². The van der Waals surface area contributed by atoms with Gasteiger partial charge in [0.15, 0.2) is 0 Å². The minimum Gasteiger partial charge on any atom is -0.368 e. The zero-order valence-electron chi connectivity index (χ0n) is 14.0. The molecule has 6 nitrogen and oxygen atoms in total. The number of carbonyl (C=O) groups excluding carboxylic acids is 2. The van der Waals surface area contributed by atoms with Gasteiger partial charge in [0.25, 0.3) is 0 Å². The average molecular weight is 338 g/mol. The highest BCUT2D eigenvalue weighted by molar-refractivity contribution is 6.34. The molecule has 2 amide bonds. The van der Waals surface area contributed by atoms with E-state index in [0.717, 1.165) is 12.1 Å². The second kappa shape index (κ2) is 7.81. The maximum atomic E-state index is 11.8. The van der Waals surface area contributed by atoms with Crippen molar-refractivity contribution in [3.8, 4) is 0 Å². The van der Waals surface area contributed by atoms with Crippen LogP contribution in [-0.4, -0.2) is 42.9 Å². The normalized spacial score (nSPS) is 14.3. The summed E-state index contributed by atoms with van der Waals surface area (Å²) in [6.45, 7) is 2.42. The summed E-state index contributed by atoms with van der Waals surface area (Å²) in [4.78, 5) is 26.9. The summed E-state index contributed by atoms with van der Waals surface area (Å²) in [7, 11) is 0. The Morgan fingerprint density at radius 1 is 0.880 bits per heavy atom. The molecule has 1 fully saturated rings. The molecule has 0 radical (unpaired) electrons. The molecule has 130 valence electrons. The van der Waals surface area contributed by atoms with Crippen molar-refractivity contribution in [1.82, 2.24) is 10.3 Å². The lowest BCUT2D eigenvalue weighted by Crippen LogP contribution is -2.53. The van der Waals surface area contributed by atoms with Gasteiger partial charge in [-0.1, -0.05) is 42.5 Å². The van der Waals surface area contributed by atoms with E-state index in [9.17, 15) is 9.59 Å². The van der Waals surface area contributed by atoms with E-state index in [1.807, 2.05) is 11.5 Å². The topological polar surface area (TPSA) is 78.7 Å². The monoisotopic (exact) mass is 338 g/mol. The summed E-state index contributed by atoms with van der Waals surface area (Å²) in [6, 6.07) is 18.9. The fourth-order valence-electron chi connectivity index (χ4n) is 3.03. The second-order valence-corrected chi connectivity index (χ2v) is 6.08. The highest BCUT2D eigenvalue weighted by Gasteiger charge is 2.25. The molecular formula is C19H22N4O2. The predicted molar refractivity (Wildman–Crippen MR) is 96.8 cm³/mol. The predicted octanol–water partition coefficient (Wildman–Crippen LogP) is 0.916. The maximum Gasteiger partial charge on any atom is 0.323 e. The van der Waals surface area contributed by atoms with E-state index < -0.39 is 11.8 Å². The second-order valence-electron chi connectivity index (χ2n) is 6.08. The van der Waals surface area contributed by atoms with Crippen LogP contribution in [0.5, 0.6) is 0 Å². The van der Waals surface area contributed by atoms with Crippen molar-refractivity contribution in [2.45, 2.75) is 6.42 Å². The summed E-state index contributed by atoms with van der Waals surface area (Å²) in [5.41, 5.74) is 5.58. The molecule has 1 aliphatic heterocycles. The molecule has 0 bridgehead atoms. The Labute approximate surface area is 147 Å². The highest BCUT2D eigenvalue weighted by Crippen LogP contribution is 2.19. The largest absolute Gasteiger partial charge is 0.368 e. The molecule has 3 rings (SSSR count). The van der Waals surface area contributed by atoms with E-state index in [4.69, 9.17) is 5.84 Å². The van der Waals surface area contributed by atoms with Gasteiger partial charge in [-0.3, -0.25) is 15.0 Å². The van der Waals surface area contributed by atoms with E-state index in [2.05, 4.69) is 53.4 Å². The first-order valence-corrected chi connectivity index (χ1v) is 8.35. The Balaban J connectivity index is 1.57. The quantitative estimate of drug-likeness (QED) is 0.377. The van der Waals surface area contributed by atoms with E-state index in [-0.39, 0.29) is 0 Å². The minimum absolute atomic E-state index is 0.512. The SMILES string of the molecule is NNC(=O)C(=O)N1CCN(c2ccc(Cc3ccccc3)cc2)CC1. The van der Waals surface area contributed by atoms with Gasteiger partial charge < -0.3 is 9.80 Å². The third-order valence-electron chi connectivity index (χ3n) is 4.44. The van der Waals surface area contributed by atoms with Gasteiger partial charge in [-0.2, -0.15) is 0 Å². The summed E-state index contributed by atoms with van der Waals surface area (Å²) in [5.74, 6) is 3.68. The van der Waals surface area contributed by atoms with Crippen LogP contribution in [0.4, 0.5) is 5.69 Å². The molecule has 1 aliphatic rings. The molecule has 0 aromatic heterocycles. The lowest BCUT2D eigenvalue weighted by atomic mass is 10.0. The molecule has 2 aromatic rings. The summed E-state index contributed by atoms with van der Waals surface area (Å²) < 4.78 is 0. The molecule has 0 atom stereocenters. The first-order chi connectivity index (χ1) is 12.2. The smallest absolute Gasteiger partial charge is 0.323 e. The van der Waals surface area contributed by atoms with Crippen molar-refractivity contribution >= 4 is 17.5 Å². The number of hydrogen-bond donors (Lipinski definition) is 2. The number of nitrogens with zero attached hydrogens (tertiary/aromatic N) is 2. The Bertz CT molecular complexity index is 723. The number of hydrazine groups is 1. The average Bonchev–Trinajstić information content (AvgIpc) is 2.68. The number of carbonyl (C=O) groups is 2. The van der Waals surface area contributed by atoms with Crippen LogP contribution in [0, 0.1) is 0 Å². The van der Waals surface area contributed by atoms with E-state index >= 15 is 0 Å². The maximum absolute atomic E-state index is 11.8. The van der Waals surface area contributed by atoms with Crippen LogP contribution in [0.3, 0.4) is 0 Å². The zero-order valence-corrected chi connectivity index (χ0v) is 14.0. The molecule has 0 spiro atoms. The van der Waals surface area contributed by atoms with Crippen molar-refractivity contribution in [3.63, 3.8) is 0 Å². The summed E-state index contributed by atoms with van der Waals surface area (Å²) in [6.07, 6.45) is 0.914. The minimum atomic E-state index is -0.765. The van der Waals surface area contributed by atoms with Crippen LogP contribution in [0.25, 0.3) is 0 Å². The molecule has 25 heavy (non-hydrogen) atoms. The molecule has 0 saturated carbocycles. The van der Waals surface area contributed by atoms with Crippen molar-refractivity contribution in [1.29, 1.82) is 0 Å². The standard InChI is InChI=1S/C19H22N4O2/c20-21-18(24)19(25)23-12-10-22(11-13-23)17-8-6-16(7-9-17)14-15-4-2-1-3-5-15/h1-9H,10-14,20H2,(H,21,24). The highest BCUT2D eigenvalue weighted by atomic mass is 16.2. The molecule has 2 aromatic carbocycles. The fraction of sp³-hybridized carbons (Fsp3) is 0.263. The molecule has 1 heterocycles. The van der Waals surface area contributed by atoms with Crippen molar-refractivity contribution in [2.24, 2.45) is 5.84 Å². The van der Waals surface area contributed by atoms with Gasteiger partial charge in [-0.05, 0) is 29.7 Å². The van der Waals surface area contributed by atoms with Gasteiger partial charge in [-0.15, -0.1) is 0 Å². The van der Waals surface area contributed by atoms with Crippen LogP contribution in [-0.2, 0) is 16.0 Å². The number of rotatable bonds is 3. The number of benzene rings is 2. The van der Waals surface area contributed by atoms with Gasteiger partial charge in [0.1, 0.15) is 0 Å². The van der Waals surface area contributed by atoms with Gasteiger partial charge in [-0.25, -0.2) is 5.84 Å².